The maximum atomic E-state index is 14.5. The molecule has 6 rings (SSSR count). The van der Waals surface area contributed by atoms with Crippen molar-refractivity contribution in [3.63, 3.8) is 0 Å². The van der Waals surface area contributed by atoms with Crippen molar-refractivity contribution in [1.29, 1.82) is 0 Å². The summed E-state index contributed by atoms with van der Waals surface area (Å²) >= 11 is 6.21. The lowest BCUT2D eigenvalue weighted by Gasteiger charge is -2.60. The zero-order valence-corrected chi connectivity index (χ0v) is 18.9. The molecule has 0 radical (unpaired) electrons. The number of aliphatic hydroxyl groups is 1. The lowest BCUT2D eigenvalue weighted by atomic mass is 9.48. The topological polar surface area (TPSA) is 82.1 Å². The highest BCUT2D eigenvalue weighted by Crippen LogP contribution is 2.60. The van der Waals surface area contributed by atoms with Crippen molar-refractivity contribution in [1.82, 2.24) is 15.3 Å². The number of halogens is 2. The van der Waals surface area contributed by atoms with Crippen molar-refractivity contribution >= 4 is 23.4 Å². The number of nitrogens with zero attached hydrogens (tertiary/aromatic N) is 2. The second-order valence-corrected chi connectivity index (χ2v) is 10.3. The van der Waals surface area contributed by atoms with Gasteiger partial charge in [0.25, 0.3) is 0 Å². The van der Waals surface area contributed by atoms with E-state index in [2.05, 4.69) is 25.9 Å². The summed E-state index contributed by atoms with van der Waals surface area (Å²) in [6, 6.07) is 8.11. The number of aliphatic hydroxyl groups excluding tert-OH is 1. The molecule has 0 amide bonds. The third kappa shape index (κ3) is 4.43. The molecule has 32 heavy (non-hydrogen) atoms. The Morgan fingerprint density at radius 2 is 1.91 bits per heavy atom. The molecular formula is C24H31ClFN5O. The maximum absolute atomic E-state index is 14.5. The Bertz CT molecular complexity index is 944. The molecule has 5 atom stereocenters. The van der Waals surface area contributed by atoms with Crippen molar-refractivity contribution < 1.29 is 9.50 Å². The zero-order chi connectivity index (χ0) is 22.1. The number of aromatic nitrogens is 2. The summed E-state index contributed by atoms with van der Waals surface area (Å²) < 4.78 is 14.5. The normalized spacial score (nSPS) is 30.5. The fraction of sp³-hybridized carbons (Fsp3) is 0.583. The highest BCUT2D eigenvalue weighted by molar-refractivity contribution is 6.31. The van der Waals surface area contributed by atoms with Crippen LogP contribution in [0.15, 0.2) is 30.5 Å². The summed E-state index contributed by atoms with van der Waals surface area (Å²) in [6.07, 6.45) is 7.29. The van der Waals surface area contributed by atoms with Crippen LogP contribution < -0.4 is 16.0 Å². The molecule has 0 saturated heterocycles. The standard InChI is InChI=1S/C24H31ClFN5O/c25-19-4-2-1-3-16(19)12-28-23-29-13-20(26)22(31-23)30-14-24-9-15-7-17(10-24)21(27-5-6-32)18(8-15)11-24/h1-4,13,15,17-18,21,27,32H,5-12,14H2,(H2,28,29,30,31)/t15?,17-,18?,21?,24?/m0/s1. The van der Waals surface area contributed by atoms with Gasteiger partial charge in [-0.1, -0.05) is 29.8 Å². The predicted octanol–water partition coefficient (Wildman–Crippen LogP) is 4.07. The monoisotopic (exact) mass is 459 g/mol. The molecule has 4 fully saturated rings. The first-order valence-corrected chi connectivity index (χ1v) is 12.0. The van der Waals surface area contributed by atoms with E-state index in [9.17, 15) is 9.50 Å². The summed E-state index contributed by atoms with van der Waals surface area (Å²) in [5.41, 5.74) is 1.14. The van der Waals surface area contributed by atoms with Crippen LogP contribution in [0.4, 0.5) is 16.2 Å². The van der Waals surface area contributed by atoms with Crippen molar-refractivity contribution in [2.24, 2.45) is 23.2 Å². The molecule has 1 heterocycles. The number of anilines is 2. The first-order chi connectivity index (χ1) is 15.5. The molecule has 4 N–H and O–H groups in total. The molecule has 4 unspecified atom stereocenters. The minimum atomic E-state index is -0.430. The molecule has 0 spiro atoms. The van der Waals surface area contributed by atoms with Crippen molar-refractivity contribution in [3.05, 3.63) is 46.9 Å². The summed E-state index contributed by atoms with van der Waals surface area (Å²) in [5, 5.41) is 19.9. The molecule has 1 aromatic heterocycles. The predicted molar refractivity (Wildman–Crippen MR) is 124 cm³/mol. The average molecular weight is 460 g/mol. The van der Waals surface area contributed by atoms with E-state index in [1.165, 1.54) is 25.5 Å². The van der Waals surface area contributed by atoms with E-state index in [4.69, 9.17) is 11.6 Å². The lowest BCUT2D eigenvalue weighted by molar-refractivity contribution is -0.0698. The number of rotatable bonds is 9. The number of hydrogen-bond acceptors (Lipinski definition) is 6. The van der Waals surface area contributed by atoms with Gasteiger partial charge in [0.2, 0.25) is 5.95 Å². The molecule has 2 aromatic rings. The highest BCUT2D eigenvalue weighted by Gasteiger charge is 2.54. The average Bonchev–Trinajstić information content (AvgIpc) is 2.78. The first kappa shape index (κ1) is 21.9. The molecule has 4 saturated carbocycles. The van der Waals surface area contributed by atoms with Crippen molar-refractivity contribution in [3.8, 4) is 0 Å². The van der Waals surface area contributed by atoms with Crippen LogP contribution in [-0.2, 0) is 6.54 Å². The molecular weight excluding hydrogens is 429 g/mol. The zero-order valence-electron chi connectivity index (χ0n) is 18.2. The van der Waals surface area contributed by atoms with E-state index in [1.807, 2.05) is 24.3 Å². The van der Waals surface area contributed by atoms with Crippen LogP contribution in [0.1, 0.15) is 37.7 Å². The van der Waals surface area contributed by atoms with Gasteiger partial charge in [-0.2, -0.15) is 4.98 Å². The van der Waals surface area contributed by atoms with E-state index in [0.29, 0.717) is 41.9 Å². The van der Waals surface area contributed by atoms with Gasteiger partial charge in [0.1, 0.15) is 0 Å². The third-order valence-electron chi connectivity index (χ3n) is 7.66. The van der Waals surface area contributed by atoms with Gasteiger partial charge in [-0.15, -0.1) is 0 Å². The minimum absolute atomic E-state index is 0.186. The quantitative estimate of drug-likeness (QED) is 0.452. The minimum Gasteiger partial charge on any atom is -0.395 e. The van der Waals surface area contributed by atoms with Gasteiger partial charge in [-0.3, -0.25) is 0 Å². The Morgan fingerprint density at radius 1 is 1.12 bits per heavy atom. The number of nitrogens with one attached hydrogen (secondary N) is 3. The number of benzene rings is 1. The Kier molecular flexibility index (Phi) is 6.23. The summed E-state index contributed by atoms with van der Waals surface area (Å²) in [5.74, 6) is 2.28. The second kappa shape index (κ2) is 9.12. The largest absolute Gasteiger partial charge is 0.395 e. The molecule has 1 aromatic carbocycles. The van der Waals surface area contributed by atoms with Crippen molar-refractivity contribution in [2.45, 2.75) is 44.7 Å². The van der Waals surface area contributed by atoms with Crippen LogP contribution in [0, 0.1) is 29.0 Å². The first-order valence-electron chi connectivity index (χ1n) is 11.6. The Morgan fingerprint density at radius 3 is 2.66 bits per heavy atom. The van der Waals surface area contributed by atoms with Gasteiger partial charge in [0.15, 0.2) is 11.6 Å². The second-order valence-electron chi connectivity index (χ2n) is 9.86. The fourth-order valence-electron chi connectivity index (χ4n) is 6.64. The van der Waals surface area contributed by atoms with Crippen LogP contribution in [0.5, 0.6) is 0 Å². The molecule has 172 valence electrons. The molecule has 8 heteroatoms. The molecule has 0 aliphatic heterocycles. The van der Waals surface area contributed by atoms with Gasteiger partial charge in [0.05, 0.1) is 12.8 Å². The number of hydrogen-bond donors (Lipinski definition) is 4. The summed E-state index contributed by atoms with van der Waals surface area (Å²) in [4.78, 5) is 8.49. The Labute approximate surface area is 193 Å². The van der Waals surface area contributed by atoms with Gasteiger partial charge < -0.3 is 21.1 Å². The van der Waals surface area contributed by atoms with E-state index in [-0.39, 0.29) is 17.8 Å². The van der Waals surface area contributed by atoms with Crippen LogP contribution in [0.3, 0.4) is 0 Å². The van der Waals surface area contributed by atoms with Gasteiger partial charge in [-0.25, -0.2) is 9.37 Å². The van der Waals surface area contributed by atoms with Gasteiger partial charge in [0, 0.05) is 30.7 Å². The van der Waals surface area contributed by atoms with E-state index < -0.39 is 5.82 Å². The third-order valence-corrected chi connectivity index (χ3v) is 8.03. The van der Waals surface area contributed by atoms with E-state index in [0.717, 1.165) is 30.9 Å². The highest BCUT2D eigenvalue weighted by atomic mass is 35.5. The van der Waals surface area contributed by atoms with E-state index >= 15 is 0 Å². The Hall–Kier alpha value is -1.96. The molecule has 4 aliphatic carbocycles. The Balaban J connectivity index is 1.23. The SMILES string of the molecule is OCCNC1C2CC3C[C@H]1CC(CNc1nc(NCc4ccccc4Cl)ncc1F)(C3)C2. The van der Waals surface area contributed by atoms with E-state index in [1.54, 1.807) is 0 Å². The van der Waals surface area contributed by atoms with Gasteiger partial charge in [-0.05, 0) is 66.9 Å². The maximum Gasteiger partial charge on any atom is 0.225 e. The molecule has 4 bridgehead atoms. The lowest BCUT2D eigenvalue weighted by Crippen LogP contribution is -2.60. The van der Waals surface area contributed by atoms with Crippen LogP contribution in [-0.4, -0.2) is 40.8 Å². The summed E-state index contributed by atoms with van der Waals surface area (Å²) in [6.45, 7) is 2.07. The van der Waals surface area contributed by atoms with Gasteiger partial charge >= 0.3 is 0 Å². The fourth-order valence-corrected chi connectivity index (χ4v) is 6.84. The summed E-state index contributed by atoms with van der Waals surface area (Å²) in [7, 11) is 0. The molecule has 4 aliphatic rings. The molecule has 6 nitrogen and oxygen atoms in total. The van der Waals surface area contributed by atoms with Crippen LogP contribution in [0.2, 0.25) is 5.02 Å². The van der Waals surface area contributed by atoms with Crippen LogP contribution >= 0.6 is 11.6 Å². The van der Waals surface area contributed by atoms with Crippen LogP contribution in [0.25, 0.3) is 0 Å². The smallest absolute Gasteiger partial charge is 0.225 e. The van der Waals surface area contributed by atoms with Crippen molar-refractivity contribution in [2.75, 3.05) is 30.3 Å².